The van der Waals surface area contributed by atoms with Crippen LogP contribution in [0.5, 0.6) is 0 Å². The van der Waals surface area contributed by atoms with Crippen LogP contribution >= 0.6 is 0 Å². The summed E-state index contributed by atoms with van der Waals surface area (Å²) in [5, 5.41) is 5.70. The van der Waals surface area contributed by atoms with Gasteiger partial charge in [-0.05, 0) is 59.2 Å². The van der Waals surface area contributed by atoms with Crippen molar-refractivity contribution in [1.29, 1.82) is 0 Å². The monoisotopic (exact) mass is 532 g/mol. The molecular weight excluding hydrogens is 492 g/mol. The molecule has 0 heterocycles. The van der Waals surface area contributed by atoms with Gasteiger partial charge in [-0.25, -0.2) is 0 Å². The normalized spacial score (nSPS) is 14.5. The topological polar surface area (TPSA) is 49.4 Å². The van der Waals surface area contributed by atoms with Gasteiger partial charge in [-0.3, -0.25) is 9.59 Å². The summed E-state index contributed by atoms with van der Waals surface area (Å²) in [6.45, 7) is 2.49. The van der Waals surface area contributed by atoms with Gasteiger partial charge in [0.1, 0.15) is 6.04 Å². The van der Waals surface area contributed by atoms with Crippen LogP contribution in [-0.4, -0.2) is 28.8 Å². The van der Waals surface area contributed by atoms with Gasteiger partial charge in [-0.1, -0.05) is 116 Å². The van der Waals surface area contributed by atoms with E-state index in [0.29, 0.717) is 25.8 Å². The van der Waals surface area contributed by atoms with Crippen molar-refractivity contribution in [2.75, 3.05) is 0 Å². The number of carbonyl (C=O) groups is 2. The van der Waals surface area contributed by atoms with Crippen molar-refractivity contribution in [1.82, 2.24) is 10.2 Å². The first kappa shape index (κ1) is 27.6. The number of rotatable bonds is 10. The predicted molar refractivity (Wildman–Crippen MR) is 163 cm³/mol. The average molecular weight is 533 g/mol. The van der Waals surface area contributed by atoms with E-state index in [1.165, 1.54) is 17.2 Å². The van der Waals surface area contributed by atoms with Crippen molar-refractivity contribution >= 4 is 22.6 Å². The lowest BCUT2D eigenvalue weighted by Gasteiger charge is -2.34. The number of nitrogens with one attached hydrogen (secondary N) is 1. The van der Waals surface area contributed by atoms with Crippen LogP contribution in [0.3, 0.4) is 0 Å². The molecule has 1 aliphatic carbocycles. The SMILES string of the molecule is Cc1ccccc1CN(C(=O)CCc1cccc2ccccc12)C(Cc1ccccc1)C(=O)NC1CCCCC1. The molecule has 1 unspecified atom stereocenters. The number of benzene rings is 4. The molecule has 4 nitrogen and oxygen atoms in total. The molecule has 0 radical (unpaired) electrons. The quantitative estimate of drug-likeness (QED) is 0.235. The Kier molecular flexibility index (Phi) is 9.28. The molecule has 0 saturated heterocycles. The maximum absolute atomic E-state index is 14.1. The molecule has 1 saturated carbocycles. The van der Waals surface area contributed by atoms with Crippen molar-refractivity contribution < 1.29 is 9.59 Å². The van der Waals surface area contributed by atoms with E-state index in [1.807, 2.05) is 59.5 Å². The van der Waals surface area contributed by atoms with Crippen LogP contribution in [-0.2, 0) is 29.0 Å². The Morgan fingerprint density at radius 3 is 2.27 bits per heavy atom. The standard InChI is InChI=1S/C36H40N2O2/c1-27-13-8-9-17-31(27)26-38(35(39)24-23-30-19-12-18-29-16-10-11-22-33(29)30)34(25-28-14-4-2-5-15-28)36(40)37-32-20-6-3-7-21-32/h2,4-5,8-19,22,32,34H,3,6-7,20-21,23-26H2,1H3,(H,37,40). The minimum atomic E-state index is -0.580. The van der Waals surface area contributed by atoms with Crippen molar-refractivity contribution in [3.8, 4) is 0 Å². The van der Waals surface area contributed by atoms with Gasteiger partial charge in [0.05, 0.1) is 0 Å². The molecule has 0 aliphatic heterocycles. The Morgan fingerprint density at radius 1 is 0.800 bits per heavy atom. The molecule has 1 aliphatic rings. The van der Waals surface area contributed by atoms with Gasteiger partial charge in [0.2, 0.25) is 11.8 Å². The maximum atomic E-state index is 14.1. The third-order valence-corrected chi connectivity index (χ3v) is 8.31. The van der Waals surface area contributed by atoms with Gasteiger partial charge >= 0.3 is 0 Å². The summed E-state index contributed by atoms with van der Waals surface area (Å²) in [6, 6.07) is 32.4. The van der Waals surface area contributed by atoms with E-state index in [-0.39, 0.29) is 17.9 Å². The van der Waals surface area contributed by atoms with Gasteiger partial charge in [-0.2, -0.15) is 0 Å². The highest BCUT2D eigenvalue weighted by atomic mass is 16.2. The van der Waals surface area contributed by atoms with Gasteiger partial charge in [0.15, 0.2) is 0 Å². The zero-order valence-electron chi connectivity index (χ0n) is 23.5. The lowest BCUT2D eigenvalue weighted by atomic mass is 9.94. The van der Waals surface area contributed by atoms with E-state index in [9.17, 15) is 9.59 Å². The molecule has 4 aromatic carbocycles. The highest BCUT2D eigenvalue weighted by Gasteiger charge is 2.32. The molecule has 4 aromatic rings. The Balaban J connectivity index is 1.44. The van der Waals surface area contributed by atoms with Crippen LogP contribution < -0.4 is 5.32 Å². The summed E-state index contributed by atoms with van der Waals surface area (Å²) in [5.74, 6) is -0.0289. The first-order valence-electron chi connectivity index (χ1n) is 14.7. The largest absolute Gasteiger partial charge is 0.352 e. The summed E-state index contributed by atoms with van der Waals surface area (Å²) in [7, 11) is 0. The zero-order valence-corrected chi connectivity index (χ0v) is 23.5. The highest BCUT2D eigenvalue weighted by Crippen LogP contribution is 2.23. The summed E-state index contributed by atoms with van der Waals surface area (Å²) >= 11 is 0. The third-order valence-electron chi connectivity index (χ3n) is 8.31. The van der Waals surface area contributed by atoms with Crippen molar-refractivity contribution in [3.63, 3.8) is 0 Å². The molecule has 1 N–H and O–H groups in total. The second kappa shape index (κ2) is 13.4. The minimum absolute atomic E-state index is 0.0101. The molecule has 4 heteroatoms. The fourth-order valence-corrected chi connectivity index (χ4v) is 5.96. The van der Waals surface area contributed by atoms with E-state index in [0.717, 1.165) is 47.9 Å². The van der Waals surface area contributed by atoms with Crippen LogP contribution in [0.2, 0.25) is 0 Å². The van der Waals surface area contributed by atoms with Crippen molar-refractivity contribution in [3.05, 3.63) is 119 Å². The zero-order chi connectivity index (χ0) is 27.7. The molecule has 1 atom stereocenters. The summed E-state index contributed by atoms with van der Waals surface area (Å²) in [6.07, 6.45) is 7.01. The molecule has 0 spiro atoms. The highest BCUT2D eigenvalue weighted by molar-refractivity contribution is 5.89. The number of hydrogen-bond acceptors (Lipinski definition) is 2. The molecular formula is C36H40N2O2. The lowest BCUT2D eigenvalue weighted by molar-refractivity contribution is -0.141. The van der Waals surface area contributed by atoms with Crippen LogP contribution in [0.25, 0.3) is 10.8 Å². The van der Waals surface area contributed by atoms with Gasteiger partial charge in [0.25, 0.3) is 0 Å². The van der Waals surface area contributed by atoms with Crippen molar-refractivity contribution in [2.24, 2.45) is 0 Å². The van der Waals surface area contributed by atoms with E-state index < -0.39 is 6.04 Å². The number of nitrogens with zero attached hydrogens (tertiary/aromatic N) is 1. The van der Waals surface area contributed by atoms with Crippen LogP contribution in [0.15, 0.2) is 97.1 Å². The fraction of sp³-hybridized carbons (Fsp3) is 0.333. The fourth-order valence-electron chi connectivity index (χ4n) is 5.96. The summed E-state index contributed by atoms with van der Waals surface area (Å²) in [4.78, 5) is 30.0. The number of fused-ring (bicyclic) bond motifs is 1. The number of carbonyl (C=O) groups excluding carboxylic acids is 2. The number of amides is 2. The lowest BCUT2D eigenvalue weighted by Crippen LogP contribution is -2.53. The first-order chi connectivity index (χ1) is 19.6. The average Bonchev–Trinajstić information content (AvgIpc) is 2.99. The summed E-state index contributed by atoms with van der Waals surface area (Å²) in [5.41, 5.74) is 4.42. The summed E-state index contributed by atoms with van der Waals surface area (Å²) < 4.78 is 0. The predicted octanol–water partition coefficient (Wildman–Crippen LogP) is 7.17. The molecule has 5 rings (SSSR count). The molecule has 0 bridgehead atoms. The van der Waals surface area contributed by atoms with Crippen molar-refractivity contribution in [2.45, 2.75) is 76.9 Å². The maximum Gasteiger partial charge on any atom is 0.243 e. The van der Waals surface area contributed by atoms with Gasteiger partial charge < -0.3 is 10.2 Å². The molecule has 206 valence electrons. The Hall–Kier alpha value is -3.92. The first-order valence-corrected chi connectivity index (χ1v) is 14.7. The van der Waals surface area contributed by atoms with Crippen LogP contribution in [0, 0.1) is 6.92 Å². The molecule has 0 aromatic heterocycles. The molecule has 2 amide bonds. The second-order valence-corrected chi connectivity index (χ2v) is 11.1. The van der Waals surface area contributed by atoms with Crippen LogP contribution in [0.1, 0.15) is 60.8 Å². The number of hydrogen-bond donors (Lipinski definition) is 1. The Labute approximate surface area is 238 Å². The number of aryl methyl sites for hydroxylation is 2. The second-order valence-electron chi connectivity index (χ2n) is 11.1. The van der Waals surface area contributed by atoms with E-state index in [1.54, 1.807) is 0 Å². The van der Waals surface area contributed by atoms with E-state index >= 15 is 0 Å². The Morgan fingerprint density at radius 2 is 1.48 bits per heavy atom. The molecule has 1 fully saturated rings. The van der Waals surface area contributed by atoms with E-state index in [2.05, 4.69) is 54.7 Å². The molecule has 40 heavy (non-hydrogen) atoms. The Bertz CT molecular complexity index is 1420. The van der Waals surface area contributed by atoms with Gasteiger partial charge in [-0.15, -0.1) is 0 Å². The smallest absolute Gasteiger partial charge is 0.243 e. The van der Waals surface area contributed by atoms with E-state index in [4.69, 9.17) is 0 Å². The third kappa shape index (κ3) is 6.98. The van der Waals surface area contributed by atoms with Crippen LogP contribution in [0.4, 0.5) is 0 Å². The minimum Gasteiger partial charge on any atom is -0.352 e. The van der Waals surface area contributed by atoms with Gasteiger partial charge in [0, 0.05) is 25.4 Å².